The Balaban J connectivity index is 1.79. The van der Waals surface area contributed by atoms with Gasteiger partial charge in [-0.3, -0.25) is 5.32 Å². The van der Waals surface area contributed by atoms with Gasteiger partial charge in [0.15, 0.2) is 0 Å². The molecule has 0 bridgehead atoms. The van der Waals surface area contributed by atoms with Crippen molar-refractivity contribution in [2.75, 3.05) is 0 Å². The van der Waals surface area contributed by atoms with Crippen molar-refractivity contribution in [3.05, 3.63) is 61.3 Å². The maximum atomic E-state index is 6.05. The average Bonchev–Trinajstić information content (AvgIpc) is 3.13. The molecule has 0 aromatic carbocycles. The molecule has 1 N–H and O–H groups in total. The Bertz CT molecular complexity index is 675. The Hall–Kier alpha value is -1.14. The second kappa shape index (κ2) is 6.10. The van der Waals surface area contributed by atoms with Crippen molar-refractivity contribution < 1.29 is 4.52 Å². The molecule has 0 spiro atoms. The predicted molar refractivity (Wildman–Crippen MR) is 83.6 cm³/mol. The van der Waals surface area contributed by atoms with Crippen LogP contribution < -0.4 is 5.32 Å². The van der Waals surface area contributed by atoms with E-state index in [0.29, 0.717) is 6.54 Å². The van der Waals surface area contributed by atoms with E-state index >= 15 is 0 Å². The summed E-state index contributed by atoms with van der Waals surface area (Å²) in [6, 6.07) is 10.3. The van der Waals surface area contributed by atoms with Gasteiger partial charge in [0, 0.05) is 22.4 Å². The van der Waals surface area contributed by atoms with E-state index in [4.69, 9.17) is 16.1 Å². The molecule has 0 fully saturated rings. The van der Waals surface area contributed by atoms with Crippen molar-refractivity contribution in [1.29, 1.82) is 0 Å². The van der Waals surface area contributed by atoms with Gasteiger partial charge in [0.2, 0.25) is 0 Å². The molecule has 0 saturated heterocycles. The Morgan fingerprint density at radius 3 is 2.85 bits per heavy atom. The van der Waals surface area contributed by atoms with Gasteiger partial charge in [-0.05, 0) is 30.5 Å². The van der Waals surface area contributed by atoms with Crippen LogP contribution in [-0.2, 0) is 6.54 Å². The molecule has 6 heteroatoms. The highest BCUT2D eigenvalue weighted by Gasteiger charge is 2.17. The first kappa shape index (κ1) is 13.8. The van der Waals surface area contributed by atoms with Crippen molar-refractivity contribution in [1.82, 2.24) is 10.5 Å². The number of aromatic nitrogens is 1. The minimum Gasteiger partial charge on any atom is -0.361 e. The van der Waals surface area contributed by atoms with Gasteiger partial charge in [0.25, 0.3) is 0 Å². The number of thiophene rings is 2. The third-order valence-corrected chi connectivity index (χ3v) is 5.10. The summed E-state index contributed by atoms with van der Waals surface area (Å²) in [6.07, 6.45) is 0. The normalized spacial score (nSPS) is 12.7. The molecule has 1 unspecified atom stereocenters. The molecule has 0 amide bonds. The zero-order chi connectivity index (χ0) is 13.9. The topological polar surface area (TPSA) is 38.1 Å². The summed E-state index contributed by atoms with van der Waals surface area (Å²) in [5.74, 6) is 0.827. The fraction of sp³-hybridized carbons (Fsp3) is 0.214. The molecule has 3 aromatic heterocycles. The number of hydrogen-bond acceptors (Lipinski definition) is 5. The van der Waals surface area contributed by atoms with Crippen LogP contribution in [0, 0.1) is 6.92 Å². The van der Waals surface area contributed by atoms with Crippen LogP contribution in [0.5, 0.6) is 0 Å². The van der Waals surface area contributed by atoms with Crippen LogP contribution in [0.1, 0.15) is 27.3 Å². The SMILES string of the molecule is Cc1cc(CNC(c2cccs2)c2ccc(Cl)s2)no1. The fourth-order valence-corrected chi connectivity index (χ4v) is 4.04. The minimum atomic E-state index is 0.143. The van der Waals surface area contributed by atoms with Crippen molar-refractivity contribution in [2.45, 2.75) is 19.5 Å². The first-order valence-corrected chi connectivity index (χ1v) is 8.24. The summed E-state index contributed by atoms with van der Waals surface area (Å²) < 4.78 is 5.90. The van der Waals surface area contributed by atoms with Crippen LogP contribution in [0.4, 0.5) is 0 Å². The van der Waals surface area contributed by atoms with Crippen LogP contribution in [0.15, 0.2) is 40.2 Å². The van der Waals surface area contributed by atoms with E-state index in [1.807, 2.05) is 19.1 Å². The lowest BCUT2D eigenvalue weighted by atomic mass is 10.2. The van der Waals surface area contributed by atoms with Crippen molar-refractivity contribution >= 4 is 34.3 Å². The van der Waals surface area contributed by atoms with Crippen LogP contribution in [0.2, 0.25) is 4.34 Å². The number of hydrogen-bond donors (Lipinski definition) is 1. The number of aryl methyl sites for hydroxylation is 1. The molecule has 1 atom stereocenters. The maximum absolute atomic E-state index is 6.05. The molecule has 0 radical (unpaired) electrons. The summed E-state index contributed by atoms with van der Waals surface area (Å²) >= 11 is 9.39. The van der Waals surface area contributed by atoms with E-state index in [9.17, 15) is 0 Å². The lowest BCUT2D eigenvalue weighted by molar-refractivity contribution is 0.387. The highest BCUT2D eigenvalue weighted by Crippen LogP contribution is 2.33. The molecule has 3 rings (SSSR count). The van der Waals surface area contributed by atoms with Gasteiger partial charge >= 0.3 is 0 Å². The van der Waals surface area contributed by atoms with Gasteiger partial charge < -0.3 is 4.52 Å². The van der Waals surface area contributed by atoms with Gasteiger partial charge in [-0.1, -0.05) is 22.8 Å². The number of nitrogens with one attached hydrogen (secondary N) is 1. The highest BCUT2D eigenvalue weighted by molar-refractivity contribution is 7.16. The largest absolute Gasteiger partial charge is 0.361 e. The van der Waals surface area contributed by atoms with E-state index in [-0.39, 0.29) is 6.04 Å². The Morgan fingerprint density at radius 1 is 1.35 bits per heavy atom. The minimum absolute atomic E-state index is 0.143. The lowest BCUT2D eigenvalue weighted by Crippen LogP contribution is -2.20. The summed E-state index contributed by atoms with van der Waals surface area (Å²) in [5, 5.41) is 9.62. The Labute approximate surface area is 130 Å². The number of nitrogens with zero attached hydrogens (tertiary/aromatic N) is 1. The molecule has 3 heterocycles. The third-order valence-electron chi connectivity index (χ3n) is 2.87. The molecule has 20 heavy (non-hydrogen) atoms. The smallest absolute Gasteiger partial charge is 0.133 e. The van der Waals surface area contributed by atoms with E-state index in [1.165, 1.54) is 9.75 Å². The van der Waals surface area contributed by atoms with Gasteiger partial charge in [0.05, 0.1) is 16.1 Å². The molecule has 104 valence electrons. The second-order valence-electron chi connectivity index (χ2n) is 4.40. The lowest BCUT2D eigenvalue weighted by Gasteiger charge is -2.15. The van der Waals surface area contributed by atoms with Gasteiger partial charge in [-0.25, -0.2) is 0 Å². The van der Waals surface area contributed by atoms with Crippen molar-refractivity contribution in [3.8, 4) is 0 Å². The number of halogens is 1. The Morgan fingerprint density at radius 2 is 2.25 bits per heavy atom. The van der Waals surface area contributed by atoms with E-state index in [2.05, 4.69) is 34.1 Å². The molecule has 0 aliphatic heterocycles. The first-order valence-electron chi connectivity index (χ1n) is 6.16. The molecule has 0 aliphatic carbocycles. The van der Waals surface area contributed by atoms with E-state index in [1.54, 1.807) is 22.7 Å². The van der Waals surface area contributed by atoms with Crippen LogP contribution in [0.3, 0.4) is 0 Å². The van der Waals surface area contributed by atoms with Gasteiger partial charge in [-0.15, -0.1) is 22.7 Å². The average molecular weight is 325 g/mol. The third kappa shape index (κ3) is 3.12. The fourth-order valence-electron chi connectivity index (χ4n) is 1.99. The summed E-state index contributed by atoms with van der Waals surface area (Å²) in [4.78, 5) is 2.47. The summed E-state index contributed by atoms with van der Waals surface area (Å²) in [5.41, 5.74) is 0.909. The van der Waals surface area contributed by atoms with Crippen molar-refractivity contribution in [3.63, 3.8) is 0 Å². The van der Waals surface area contributed by atoms with Gasteiger partial charge in [-0.2, -0.15) is 0 Å². The monoisotopic (exact) mass is 324 g/mol. The number of rotatable bonds is 5. The van der Waals surface area contributed by atoms with Crippen LogP contribution in [0.25, 0.3) is 0 Å². The molecule has 3 aromatic rings. The zero-order valence-corrected chi connectivity index (χ0v) is 13.2. The summed E-state index contributed by atoms with van der Waals surface area (Å²) in [6.45, 7) is 2.56. The van der Waals surface area contributed by atoms with Crippen molar-refractivity contribution in [2.24, 2.45) is 0 Å². The molecular formula is C14H13ClN2OS2. The predicted octanol–water partition coefficient (Wildman–Crippen LogP) is 4.64. The van der Waals surface area contributed by atoms with E-state index < -0.39 is 0 Å². The zero-order valence-electron chi connectivity index (χ0n) is 10.8. The molecule has 0 aliphatic rings. The second-order valence-corrected chi connectivity index (χ2v) is 7.13. The molecule has 0 saturated carbocycles. The van der Waals surface area contributed by atoms with E-state index in [0.717, 1.165) is 15.8 Å². The quantitative estimate of drug-likeness (QED) is 0.743. The highest BCUT2D eigenvalue weighted by atomic mass is 35.5. The van der Waals surface area contributed by atoms with Crippen LogP contribution in [-0.4, -0.2) is 5.16 Å². The Kier molecular flexibility index (Phi) is 4.21. The van der Waals surface area contributed by atoms with Gasteiger partial charge in [0.1, 0.15) is 5.76 Å². The maximum Gasteiger partial charge on any atom is 0.133 e. The van der Waals surface area contributed by atoms with Crippen LogP contribution >= 0.6 is 34.3 Å². The molecule has 3 nitrogen and oxygen atoms in total. The standard InChI is InChI=1S/C14H13ClN2OS2/c1-9-7-10(17-18-9)8-16-14(11-3-2-6-19-11)12-4-5-13(15)20-12/h2-7,14,16H,8H2,1H3. The first-order chi connectivity index (χ1) is 9.72. The summed E-state index contributed by atoms with van der Waals surface area (Å²) in [7, 11) is 0. The molecular weight excluding hydrogens is 312 g/mol.